The SMILES string of the molecule is CCc1cc(N2CCN(c3cc(OC)ccn3)CC2)nc(-c2ccncc2)n1. The molecule has 1 aliphatic heterocycles. The summed E-state index contributed by atoms with van der Waals surface area (Å²) in [6.45, 7) is 5.66. The molecule has 0 spiro atoms. The van der Waals surface area contributed by atoms with Crippen LogP contribution in [0.25, 0.3) is 11.4 Å². The molecular formula is C21H24N6O. The van der Waals surface area contributed by atoms with Gasteiger partial charge in [0.25, 0.3) is 0 Å². The smallest absolute Gasteiger partial charge is 0.161 e. The van der Waals surface area contributed by atoms with E-state index >= 15 is 0 Å². The van der Waals surface area contributed by atoms with Crippen molar-refractivity contribution in [3.63, 3.8) is 0 Å². The summed E-state index contributed by atoms with van der Waals surface area (Å²) in [6.07, 6.45) is 6.22. The van der Waals surface area contributed by atoms with Crippen molar-refractivity contribution in [2.24, 2.45) is 0 Å². The Hall–Kier alpha value is -3.22. The van der Waals surface area contributed by atoms with Gasteiger partial charge in [0.1, 0.15) is 17.4 Å². The van der Waals surface area contributed by atoms with Gasteiger partial charge in [-0.05, 0) is 24.6 Å². The lowest BCUT2D eigenvalue weighted by molar-refractivity contribution is 0.414. The average Bonchev–Trinajstić information content (AvgIpc) is 2.79. The number of hydrogen-bond acceptors (Lipinski definition) is 7. The first-order valence-corrected chi connectivity index (χ1v) is 9.55. The molecule has 0 unspecified atom stereocenters. The van der Waals surface area contributed by atoms with E-state index < -0.39 is 0 Å². The van der Waals surface area contributed by atoms with Crippen molar-refractivity contribution in [1.82, 2.24) is 19.9 Å². The van der Waals surface area contributed by atoms with Gasteiger partial charge >= 0.3 is 0 Å². The number of piperazine rings is 1. The van der Waals surface area contributed by atoms with Crippen LogP contribution in [0.2, 0.25) is 0 Å². The van der Waals surface area contributed by atoms with E-state index in [2.05, 4.69) is 32.8 Å². The lowest BCUT2D eigenvalue weighted by Crippen LogP contribution is -2.47. The summed E-state index contributed by atoms with van der Waals surface area (Å²) in [5, 5.41) is 0. The van der Waals surface area contributed by atoms with E-state index in [9.17, 15) is 0 Å². The summed E-state index contributed by atoms with van der Waals surface area (Å²) in [6, 6.07) is 9.85. The topological polar surface area (TPSA) is 67.3 Å². The number of pyridine rings is 2. The van der Waals surface area contributed by atoms with Crippen molar-refractivity contribution in [2.45, 2.75) is 13.3 Å². The van der Waals surface area contributed by atoms with Crippen LogP contribution in [0.15, 0.2) is 48.9 Å². The zero-order valence-electron chi connectivity index (χ0n) is 16.2. The lowest BCUT2D eigenvalue weighted by atomic mass is 10.2. The third-order valence-electron chi connectivity index (χ3n) is 4.95. The minimum atomic E-state index is 0.758. The van der Waals surface area contributed by atoms with Crippen molar-refractivity contribution in [3.8, 4) is 17.1 Å². The molecule has 144 valence electrons. The molecule has 28 heavy (non-hydrogen) atoms. The number of aromatic nitrogens is 4. The number of ether oxygens (including phenoxy) is 1. The Kier molecular flexibility index (Phi) is 5.32. The fourth-order valence-electron chi connectivity index (χ4n) is 3.32. The molecule has 7 heteroatoms. The Morgan fingerprint density at radius 1 is 0.893 bits per heavy atom. The van der Waals surface area contributed by atoms with E-state index in [0.29, 0.717) is 0 Å². The number of rotatable bonds is 5. The first-order valence-electron chi connectivity index (χ1n) is 9.55. The maximum atomic E-state index is 5.32. The fraction of sp³-hybridized carbons (Fsp3) is 0.333. The van der Waals surface area contributed by atoms with Crippen molar-refractivity contribution >= 4 is 11.6 Å². The number of aryl methyl sites for hydroxylation is 1. The van der Waals surface area contributed by atoms with Crippen molar-refractivity contribution in [1.29, 1.82) is 0 Å². The molecule has 4 heterocycles. The summed E-state index contributed by atoms with van der Waals surface area (Å²) in [4.78, 5) is 22.7. The molecule has 1 fully saturated rings. The summed E-state index contributed by atoms with van der Waals surface area (Å²) in [5.74, 6) is 3.52. The molecule has 0 bridgehead atoms. The standard InChI is InChI=1S/C21H24N6O/c1-3-17-14-20(25-21(24-17)16-4-7-22-8-5-16)27-12-10-26(11-13-27)19-15-18(28-2)6-9-23-19/h4-9,14-15H,3,10-13H2,1-2H3. The highest BCUT2D eigenvalue weighted by Crippen LogP contribution is 2.23. The molecule has 7 nitrogen and oxygen atoms in total. The predicted octanol–water partition coefficient (Wildman–Crippen LogP) is 2.83. The van der Waals surface area contributed by atoms with E-state index in [1.54, 1.807) is 25.7 Å². The normalized spacial score (nSPS) is 14.2. The van der Waals surface area contributed by atoms with E-state index in [1.807, 2.05) is 24.3 Å². The highest BCUT2D eigenvalue weighted by molar-refractivity contribution is 5.58. The Labute approximate surface area is 165 Å². The van der Waals surface area contributed by atoms with Gasteiger partial charge in [-0.3, -0.25) is 4.98 Å². The Morgan fingerprint density at radius 3 is 2.29 bits per heavy atom. The third kappa shape index (κ3) is 3.88. The third-order valence-corrected chi connectivity index (χ3v) is 4.95. The van der Waals surface area contributed by atoms with E-state index in [0.717, 1.165) is 67.1 Å². The maximum absolute atomic E-state index is 5.32. The number of nitrogens with zero attached hydrogens (tertiary/aromatic N) is 6. The molecule has 0 atom stereocenters. The van der Waals surface area contributed by atoms with Gasteiger partial charge in [-0.25, -0.2) is 15.0 Å². The van der Waals surface area contributed by atoms with Crippen LogP contribution in [0, 0.1) is 0 Å². The minimum absolute atomic E-state index is 0.758. The molecular weight excluding hydrogens is 352 g/mol. The summed E-state index contributed by atoms with van der Waals surface area (Å²) in [5.41, 5.74) is 2.04. The monoisotopic (exact) mass is 376 g/mol. The van der Waals surface area contributed by atoms with Crippen molar-refractivity contribution < 1.29 is 4.74 Å². The molecule has 3 aromatic rings. The first-order chi connectivity index (χ1) is 13.8. The molecule has 0 amide bonds. The molecule has 3 aromatic heterocycles. The van der Waals surface area contributed by atoms with Crippen LogP contribution >= 0.6 is 0 Å². The van der Waals surface area contributed by atoms with Crippen LogP contribution < -0.4 is 14.5 Å². The number of anilines is 2. The van der Waals surface area contributed by atoms with Gasteiger partial charge in [-0.2, -0.15) is 0 Å². The van der Waals surface area contributed by atoms with Crippen LogP contribution in [-0.2, 0) is 6.42 Å². The molecule has 0 saturated carbocycles. The van der Waals surface area contributed by atoms with Crippen LogP contribution in [0.4, 0.5) is 11.6 Å². The molecule has 0 radical (unpaired) electrons. The molecule has 0 aromatic carbocycles. The molecule has 0 aliphatic carbocycles. The highest BCUT2D eigenvalue weighted by atomic mass is 16.5. The van der Waals surface area contributed by atoms with Gasteiger partial charge in [0, 0.05) is 68.2 Å². The van der Waals surface area contributed by atoms with Crippen molar-refractivity contribution in [3.05, 3.63) is 54.6 Å². The Morgan fingerprint density at radius 2 is 1.61 bits per heavy atom. The van der Waals surface area contributed by atoms with Gasteiger partial charge in [0.2, 0.25) is 0 Å². The second kappa shape index (κ2) is 8.21. The van der Waals surface area contributed by atoms with Gasteiger partial charge in [-0.1, -0.05) is 6.92 Å². The molecule has 4 rings (SSSR count). The zero-order chi connectivity index (χ0) is 19.3. The summed E-state index contributed by atoms with van der Waals surface area (Å²) in [7, 11) is 1.68. The molecule has 1 saturated heterocycles. The van der Waals surface area contributed by atoms with E-state index in [4.69, 9.17) is 14.7 Å². The predicted molar refractivity (Wildman–Crippen MR) is 110 cm³/mol. The largest absolute Gasteiger partial charge is 0.497 e. The maximum Gasteiger partial charge on any atom is 0.161 e. The van der Waals surface area contributed by atoms with E-state index in [-0.39, 0.29) is 0 Å². The van der Waals surface area contributed by atoms with Crippen LogP contribution in [0.1, 0.15) is 12.6 Å². The van der Waals surface area contributed by atoms with Crippen LogP contribution in [-0.4, -0.2) is 53.2 Å². The zero-order valence-corrected chi connectivity index (χ0v) is 16.2. The second-order valence-corrected chi connectivity index (χ2v) is 6.66. The van der Waals surface area contributed by atoms with Gasteiger partial charge in [0.05, 0.1) is 7.11 Å². The minimum Gasteiger partial charge on any atom is -0.497 e. The lowest BCUT2D eigenvalue weighted by Gasteiger charge is -2.36. The quantitative estimate of drug-likeness (QED) is 0.678. The van der Waals surface area contributed by atoms with Crippen LogP contribution in [0.3, 0.4) is 0 Å². The number of hydrogen-bond donors (Lipinski definition) is 0. The van der Waals surface area contributed by atoms with E-state index in [1.165, 1.54) is 0 Å². The first kappa shape index (κ1) is 18.2. The van der Waals surface area contributed by atoms with Gasteiger partial charge in [0.15, 0.2) is 5.82 Å². The van der Waals surface area contributed by atoms with Crippen LogP contribution in [0.5, 0.6) is 5.75 Å². The molecule has 0 N–H and O–H groups in total. The van der Waals surface area contributed by atoms with Gasteiger partial charge in [-0.15, -0.1) is 0 Å². The summed E-state index contributed by atoms with van der Waals surface area (Å²) >= 11 is 0. The highest BCUT2D eigenvalue weighted by Gasteiger charge is 2.20. The second-order valence-electron chi connectivity index (χ2n) is 6.66. The average molecular weight is 376 g/mol. The number of methoxy groups -OCH3 is 1. The Balaban J connectivity index is 1.52. The molecule has 1 aliphatic rings. The summed E-state index contributed by atoms with van der Waals surface area (Å²) < 4.78 is 5.32. The van der Waals surface area contributed by atoms with Gasteiger partial charge < -0.3 is 14.5 Å². The Bertz CT molecular complexity index is 925. The van der Waals surface area contributed by atoms with Crippen molar-refractivity contribution in [2.75, 3.05) is 43.1 Å². The fourth-order valence-corrected chi connectivity index (χ4v) is 3.32.